The van der Waals surface area contributed by atoms with Crippen LogP contribution in [-0.4, -0.2) is 11.6 Å². The molecule has 1 aromatic rings. The number of hydrogen-bond donors (Lipinski definition) is 1. The molecule has 1 heterocycles. The van der Waals surface area contributed by atoms with Crippen LogP contribution in [0.5, 0.6) is 5.88 Å². The fraction of sp³-hybridized carbons (Fsp3) is 0.500. The maximum atomic E-state index is 5.48. The molecule has 0 aliphatic rings. The molecule has 0 fully saturated rings. The van der Waals surface area contributed by atoms with Crippen LogP contribution in [0, 0.1) is 5.41 Å². The summed E-state index contributed by atoms with van der Waals surface area (Å²) in [5.74, 6) is 0.660. The standard InChI is InChI=1S/C10H15NOS/c1-10(2,3)7-12-9-5-4-8(13)6-11-9/h4-6,13H,7H2,1-3H3. The van der Waals surface area contributed by atoms with Crippen molar-refractivity contribution in [2.45, 2.75) is 25.7 Å². The first kappa shape index (κ1) is 10.4. The zero-order chi connectivity index (χ0) is 9.90. The van der Waals surface area contributed by atoms with Gasteiger partial charge in [0.15, 0.2) is 0 Å². The highest BCUT2D eigenvalue weighted by atomic mass is 32.1. The Kier molecular flexibility index (Phi) is 3.20. The number of thiol groups is 1. The van der Waals surface area contributed by atoms with Crippen LogP contribution in [0.2, 0.25) is 0 Å². The van der Waals surface area contributed by atoms with E-state index in [1.54, 1.807) is 6.20 Å². The van der Waals surface area contributed by atoms with Gasteiger partial charge in [0.2, 0.25) is 5.88 Å². The monoisotopic (exact) mass is 197 g/mol. The van der Waals surface area contributed by atoms with Crippen molar-refractivity contribution >= 4 is 12.6 Å². The van der Waals surface area contributed by atoms with Gasteiger partial charge in [-0.1, -0.05) is 20.8 Å². The molecule has 0 unspecified atom stereocenters. The summed E-state index contributed by atoms with van der Waals surface area (Å²) in [6, 6.07) is 3.70. The highest BCUT2D eigenvalue weighted by molar-refractivity contribution is 7.80. The van der Waals surface area contributed by atoms with Crippen molar-refractivity contribution < 1.29 is 4.74 Å². The molecule has 72 valence electrons. The van der Waals surface area contributed by atoms with Crippen molar-refractivity contribution in [1.29, 1.82) is 0 Å². The second-order valence-corrected chi connectivity index (χ2v) is 4.72. The molecule has 0 saturated carbocycles. The van der Waals surface area contributed by atoms with Crippen LogP contribution in [0.1, 0.15) is 20.8 Å². The Morgan fingerprint density at radius 2 is 2.08 bits per heavy atom. The van der Waals surface area contributed by atoms with E-state index in [0.717, 1.165) is 4.90 Å². The SMILES string of the molecule is CC(C)(C)COc1ccc(S)cn1. The smallest absolute Gasteiger partial charge is 0.213 e. The van der Waals surface area contributed by atoms with Gasteiger partial charge >= 0.3 is 0 Å². The molecule has 0 spiro atoms. The lowest BCUT2D eigenvalue weighted by atomic mass is 9.99. The van der Waals surface area contributed by atoms with E-state index >= 15 is 0 Å². The maximum Gasteiger partial charge on any atom is 0.213 e. The molecule has 0 bridgehead atoms. The molecular weight excluding hydrogens is 182 g/mol. The Bertz CT molecular complexity index is 263. The maximum absolute atomic E-state index is 5.48. The Hall–Kier alpha value is -0.700. The third-order valence-corrected chi connectivity index (χ3v) is 1.64. The molecule has 1 rings (SSSR count). The minimum atomic E-state index is 0.168. The van der Waals surface area contributed by atoms with E-state index in [1.807, 2.05) is 12.1 Å². The lowest BCUT2D eigenvalue weighted by molar-refractivity contribution is 0.191. The van der Waals surface area contributed by atoms with Crippen LogP contribution in [-0.2, 0) is 0 Å². The Morgan fingerprint density at radius 1 is 1.38 bits per heavy atom. The van der Waals surface area contributed by atoms with Gasteiger partial charge in [-0.25, -0.2) is 4.98 Å². The number of aromatic nitrogens is 1. The average molecular weight is 197 g/mol. The molecule has 3 heteroatoms. The van der Waals surface area contributed by atoms with E-state index in [-0.39, 0.29) is 5.41 Å². The van der Waals surface area contributed by atoms with Crippen LogP contribution >= 0.6 is 12.6 Å². The molecule has 2 nitrogen and oxygen atoms in total. The summed E-state index contributed by atoms with van der Waals surface area (Å²) in [6.45, 7) is 7.05. The average Bonchev–Trinajstić information content (AvgIpc) is 2.02. The molecule has 0 aliphatic carbocycles. The topological polar surface area (TPSA) is 22.1 Å². The molecular formula is C10H15NOS. The van der Waals surface area contributed by atoms with Crippen LogP contribution in [0.4, 0.5) is 0 Å². The number of ether oxygens (including phenoxy) is 1. The first-order valence-electron chi connectivity index (χ1n) is 4.25. The number of pyridine rings is 1. The molecule has 1 aromatic heterocycles. The summed E-state index contributed by atoms with van der Waals surface area (Å²) in [5.41, 5.74) is 0.168. The molecule has 0 saturated heterocycles. The fourth-order valence-corrected chi connectivity index (χ4v) is 0.881. The van der Waals surface area contributed by atoms with Crippen LogP contribution in [0.3, 0.4) is 0 Å². The predicted octanol–water partition coefficient (Wildman–Crippen LogP) is 2.80. The Labute approximate surface area is 84.7 Å². The van der Waals surface area contributed by atoms with Gasteiger partial charge in [0.25, 0.3) is 0 Å². The van der Waals surface area contributed by atoms with Gasteiger partial charge in [-0.3, -0.25) is 0 Å². The van der Waals surface area contributed by atoms with E-state index < -0.39 is 0 Å². The summed E-state index contributed by atoms with van der Waals surface area (Å²) < 4.78 is 5.48. The van der Waals surface area contributed by atoms with E-state index in [1.165, 1.54) is 0 Å². The van der Waals surface area contributed by atoms with Gasteiger partial charge in [-0.2, -0.15) is 0 Å². The lowest BCUT2D eigenvalue weighted by Gasteiger charge is -2.18. The third-order valence-electron chi connectivity index (χ3n) is 1.37. The van der Waals surface area contributed by atoms with E-state index in [2.05, 4.69) is 38.4 Å². The fourth-order valence-electron chi connectivity index (χ4n) is 0.748. The van der Waals surface area contributed by atoms with Crippen molar-refractivity contribution in [3.63, 3.8) is 0 Å². The highest BCUT2D eigenvalue weighted by Crippen LogP contribution is 2.16. The predicted molar refractivity (Wildman–Crippen MR) is 56.4 cm³/mol. The number of nitrogens with zero attached hydrogens (tertiary/aromatic N) is 1. The van der Waals surface area contributed by atoms with Crippen molar-refractivity contribution in [1.82, 2.24) is 4.98 Å². The first-order chi connectivity index (χ1) is 5.97. The van der Waals surface area contributed by atoms with Gasteiger partial charge in [-0.15, -0.1) is 12.6 Å². The molecule has 13 heavy (non-hydrogen) atoms. The summed E-state index contributed by atoms with van der Waals surface area (Å²) in [7, 11) is 0. The molecule has 0 atom stereocenters. The molecule has 0 amide bonds. The molecule has 0 aliphatic heterocycles. The van der Waals surface area contributed by atoms with Crippen LogP contribution in [0.25, 0.3) is 0 Å². The van der Waals surface area contributed by atoms with Crippen molar-refractivity contribution in [3.8, 4) is 5.88 Å². The van der Waals surface area contributed by atoms with Crippen LogP contribution in [0.15, 0.2) is 23.2 Å². The highest BCUT2D eigenvalue weighted by Gasteiger charge is 2.11. The van der Waals surface area contributed by atoms with E-state index in [4.69, 9.17) is 4.74 Å². The second kappa shape index (κ2) is 4.01. The van der Waals surface area contributed by atoms with E-state index in [0.29, 0.717) is 12.5 Å². The van der Waals surface area contributed by atoms with Gasteiger partial charge in [0.1, 0.15) is 0 Å². The zero-order valence-electron chi connectivity index (χ0n) is 8.24. The lowest BCUT2D eigenvalue weighted by Crippen LogP contribution is -2.17. The first-order valence-corrected chi connectivity index (χ1v) is 4.70. The zero-order valence-corrected chi connectivity index (χ0v) is 9.14. The van der Waals surface area contributed by atoms with Crippen molar-refractivity contribution in [2.24, 2.45) is 5.41 Å². The van der Waals surface area contributed by atoms with Gasteiger partial charge in [0, 0.05) is 17.2 Å². The Morgan fingerprint density at radius 3 is 2.54 bits per heavy atom. The summed E-state index contributed by atoms with van der Waals surface area (Å²) in [6.07, 6.45) is 1.68. The van der Waals surface area contributed by atoms with Gasteiger partial charge in [0.05, 0.1) is 6.61 Å². The van der Waals surface area contributed by atoms with Crippen molar-refractivity contribution in [2.75, 3.05) is 6.61 Å². The number of rotatable bonds is 2. The van der Waals surface area contributed by atoms with Crippen molar-refractivity contribution in [3.05, 3.63) is 18.3 Å². The van der Waals surface area contributed by atoms with Gasteiger partial charge in [-0.05, 0) is 11.5 Å². The quantitative estimate of drug-likeness (QED) is 0.736. The normalized spacial score (nSPS) is 11.4. The van der Waals surface area contributed by atoms with Crippen LogP contribution < -0.4 is 4.74 Å². The second-order valence-electron chi connectivity index (χ2n) is 4.20. The molecule has 0 radical (unpaired) electrons. The summed E-state index contributed by atoms with van der Waals surface area (Å²) in [5, 5.41) is 0. The molecule has 0 N–H and O–H groups in total. The summed E-state index contributed by atoms with van der Waals surface area (Å²) in [4.78, 5) is 4.93. The third kappa shape index (κ3) is 4.18. The van der Waals surface area contributed by atoms with Gasteiger partial charge < -0.3 is 4.74 Å². The number of hydrogen-bond acceptors (Lipinski definition) is 3. The molecule has 0 aromatic carbocycles. The van der Waals surface area contributed by atoms with E-state index in [9.17, 15) is 0 Å². The summed E-state index contributed by atoms with van der Waals surface area (Å²) >= 11 is 4.14. The minimum Gasteiger partial charge on any atom is -0.477 e. The Balaban J connectivity index is 2.51. The minimum absolute atomic E-state index is 0.168. The largest absolute Gasteiger partial charge is 0.477 e.